The number of sulfonamides is 1. The van der Waals surface area contributed by atoms with E-state index in [0.29, 0.717) is 17.1 Å². The second-order valence-electron chi connectivity index (χ2n) is 4.12. The maximum atomic E-state index is 12.1. The maximum absolute atomic E-state index is 12.1. The summed E-state index contributed by atoms with van der Waals surface area (Å²) < 4.78 is 31.5. The number of aryl methyl sites for hydroxylation is 1. The Labute approximate surface area is 116 Å². The number of hydrogen-bond acceptors (Lipinski definition) is 6. The van der Waals surface area contributed by atoms with E-state index < -0.39 is 10.0 Å². The molecular weight excluding hydrogens is 280 g/mol. The summed E-state index contributed by atoms with van der Waals surface area (Å²) in [7, 11) is -3.82. The molecule has 3 N–H and O–H groups in total. The Balaban J connectivity index is 2.25. The lowest BCUT2D eigenvalue weighted by Crippen LogP contribution is -2.24. The van der Waals surface area contributed by atoms with Gasteiger partial charge in [-0.25, -0.2) is 13.1 Å². The van der Waals surface area contributed by atoms with Gasteiger partial charge in [-0.1, -0.05) is 5.16 Å². The third-order valence-electron chi connectivity index (χ3n) is 2.53. The molecule has 20 heavy (non-hydrogen) atoms. The lowest BCUT2D eigenvalue weighted by Gasteiger charge is -2.07. The standard InChI is InChI=1S/C12H12N4O3S/c1-8-4-11(16-19-8)7-15-20(17,18)12-3-2-10(14)5-9(12)6-13/h2-5,15H,7,14H2,1H3. The molecule has 8 heteroatoms. The minimum absolute atomic E-state index is 0.00571. The highest BCUT2D eigenvalue weighted by atomic mass is 32.2. The molecule has 2 rings (SSSR count). The second-order valence-corrected chi connectivity index (χ2v) is 5.86. The van der Waals surface area contributed by atoms with Crippen LogP contribution in [-0.4, -0.2) is 13.6 Å². The molecule has 0 aliphatic rings. The minimum Gasteiger partial charge on any atom is -0.399 e. The molecule has 0 fully saturated rings. The number of aromatic nitrogens is 1. The number of nitrogens with zero attached hydrogens (tertiary/aromatic N) is 2. The van der Waals surface area contributed by atoms with Crippen LogP contribution in [0, 0.1) is 18.3 Å². The predicted octanol–water partition coefficient (Wildman–Crippen LogP) is 0.915. The topological polar surface area (TPSA) is 122 Å². The van der Waals surface area contributed by atoms with Gasteiger partial charge in [0.05, 0.1) is 22.7 Å². The molecule has 1 aromatic carbocycles. The van der Waals surface area contributed by atoms with Crippen molar-refractivity contribution in [1.29, 1.82) is 5.26 Å². The van der Waals surface area contributed by atoms with Crippen LogP contribution in [-0.2, 0) is 16.6 Å². The van der Waals surface area contributed by atoms with Crippen molar-refractivity contribution in [2.45, 2.75) is 18.4 Å². The first-order chi connectivity index (χ1) is 9.42. The molecule has 2 aromatic rings. The summed E-state index contributed by atoms with van der Waals surface area (Å²) in [5, 5.41) is 12.7. The first kappa shape index (κ1) is 14.0. The molecule has 0 saturated carbocycles. The fraction of sp³-hybridized carbons (Fsp3) is 0.167. The van der Waals surface area contributed by atoms with Crippen LogP contribution in [0.4, 0.5) is 5.69 Å². The van der Waals surface area contributed by atoms with Crippen molar-refractivity contribution in [3.8, 4) is 6.07 Å². The molecule has 0 saturated heterocycles. The van der Waals surface area contributed by atoms with Gasteiger partial charge in [0.2, 0.25) is 10.0 Å². The van der Waals surface area contributed by atoms with E-state index in [-0.39, 0.29) is 17.0 Å². The van der Waals surface area contributed by atoms with Gasteiger partial charge in [-0.3, -0.25) is 0 Å². The molecule has 0 aliphatic carbocycles. The van der Waals surface area contributed by atoms with Crippen molar-refractivity contribution in [3.05, 3.63) is 41.3 Å². The number of nitriles is 1. The number of nitrogens with two attached hydrogens (primary N) is 1. The molecule has 104 valence electrons. The van der Waals surface area contributed by atoms with E-state index in [4.69, 9.17) is 15.5 Å². The minimum atomic E-state index is -3.82. The zero-order chi connectivity index (χ0) is 14.8. The van der Waals surface area contributed by atoms with Gasteiger partial charge in [0.25, 0.3) is 0 Å². The molecule has 0 atom stereocenters. The zero-order valence-electron chi connectivity index (χ0n) is 10.6. The third-order valence-corrected chi connectivity index (χ3v) is 3.99. The van der Waals surface area contributed by atoms with Gasteiger partial charge in [0.1, 0.15) is 11.8 Å². The summed E-state index contributed by atoms with van der Waals surface area (Å²) in [6.07, 6.45) is 0. The Hall–Kier alpha value is -2.37. The van der Waals surface area contributed by atoms with E-state index in [1.54, 1.807) is 13.0 Å². The molecule has 0 spiro atoms. The van der Waals surface area contributed by atoms with Crippen LogP contribution in [0.5, 0.6) is 0 Å². The van der Waals surface area contributed by atoms with Gasteiger partial charge in [0.15, 0.2) is 0 Å². The Bertz CT molecular complexity index is 774. The van der Waals surface area contributed by atoms with E-state index in [9.17, 15) is 8.42 Å². The van der Waals surface area contributed by atoms with Crippen molar-refractivity contribution in [2.75, 3.05) is 5.73 Å². The van der Waals surface area contributed by atoms with Crippen molar-refractivity contribution >= 4 is 15.7 Å². The van der Waals surface area contributed by atoms with E-state index in [0.717, 1.165) is 0 Å². The summed E-state index contributed by atoms with van der Waals surface area (Å²) in [5.74, 6) is 0.587. The summed E-state index contributed by atoms with van der Waals surface area (Å²) in [6, 6.07) is 7.47. The summed E-state index contributed by atoms with van der Waals surface area (Å²) in [6.45, 7) is 1.69. The van der Waals surface area contributed by atoms with Gasteiger partial charge in [-0.05, 0) is 25.1 Å². The van der Waals surface area contributed by atoms with Crippen molar-refractivity contribution in [2.24, 2.45) is 0 Å². The SMILES string of the molecule is Cc1cc(CNS(=O)(=O)c2ccc(N)cc2C#N)no1. The lowest BCUT2D eigenvalue weighted by molar-refractivity contribution is 0.390. The largest absolute Gasteiger partial charge is 0.399 e. The quantitative estimate of drug-likeness (QED) is 0.808. The Morgan fingerprint density at radius 2 is 2.20 bits per heavy atom. The van der Waals surface area contributed by atoms with Gasteiger partial charge >= 0.3 is 0 Å². The van der Waals surface area contributed by atoms with E-state index >= 15 is 0 Å². The molecule has 0 unspecified atom stereocenters. The average Bonchev–Trinajstić information content (AvgIpc) is 2.82. The van der Waals surface area contributed by atoms with Gasteiger partial charge in [-0.15, -0.1) is 0 Å². The number of hydrogen-bond donors (Lipinski definition) is 2. The Morgan fingerprint density at radius 3 is 2.80 bits per heavy atom. The van der Waals surface area contributed by atoms with Crippen molar-refractivity contribution in [3.63, 3.8) is 0 Å². The number of anilines is 1. The van der Waals surface area contributed by atoms with Crippen LogP contribution >= 0.6 is 0 Å². The van der Waals surface area contributed by atoms with Gasteiger partial charge < -0.3 is 10.3 Å². The second kappa shape index (κ2) is 5.32. The van der Waals surface area contributed by atoms with Crippen LogP contribution in [0.25, 0.3) is 0 Å². The highest BCUT2D eigenvalue weighted by Crippen LogP contribution is 2.18. The van der Waals surface area contributed by atoms with Crippen molar-refractivity contribution < 1.29 is 12.9 Å². The highest BCUT2D eigenvalue weighted by Gasteiger charge is 2.19. The third kappa shape index (κ3) is 2.96. The van der Waals surface area contributed by atoms with Crippen LogP contribution in [0.15, 0.2) is 33.7 Å². The molecular formula is C12H12N4O3S. The first-order valence-corrected chi connectivity index (χ1v) is 7.12. The molecule has 1 heterocycles. The van der Waals surface area contributed by atoms with Crippen molar-refractivity contribution in [1.82, 2.24) is 9.88 Å². The smallest absolute Gasteiger partial charge is 0.242 e. The van der Waals surface area contributed by atoms with Crippen LogP contribution in [0.3, 0.4) is 0 Å². The highest BCUT2D eigenvalue weighted by molar-refractivity contribution is 7.89. The molecule has 0 radical (unpaired) electrons. The maximum Gasteiger partial charge on any atom is 0.242 e. The number of nitrogens with one attached hydrogen (secondary N) is 1. The molecule has 0 amide bonds. The Kier molecular flexibility index (Phi) is 3.74. The normalized spacial score (nSPS) is 11.2. The molecule has 0 bridgehead atoms. The Morgan fingerprint density at radius 1 is 1.45 bits per heavy atom. The first-order valence-electron chi connectivity index (χ1n) is 5.64. The number of rotatable bonds is 4. The fourth-order valence-corrected chi connectivity index (χ4v) is 2.75. The molecule has 7 nitrogen and oxygen atoms in total. The monoisotopic (exact) mass is 292 g/mol. The lowest BCUT2D eigenvalue weighted by atomic mass is 10.2. The van der Waals surface area contributed by atoms with E-state index in [1.165, 1.54) is 18.2 Å². The van der Waals surface area contributed by atoms with Crippen LogP contribution < -0.4 is 10.5 Å². The van der Waals surface area contributed by atoms with Crippen LogP contribution in [0.1, 0.15) is 17.0 Å². The average molecular weight is 292 g/mol. The number of nitrogen functional groups attached to an aromatic ring is 1. The van der Waals surface area contributed by atoms with Gasteiger partial charge in [0, 0.05) is 11.8 Å². The molecule has 0 aliphatic heterocycles. The molecule has 1 aromatic heterocycles. The zero-order valence-corrected chi connectivity index (χ0v) is 11.4. The predicted molar refractivity (Wildman–Crippen MR) is 70.8 cm³/mol. The van der Waals surface area contributed by atoms with E-state index in [1.807, 2.05) is 6.07 Å². The number of benzene rings is 1. The fourth-order valence-electron chi connectivity index (χ4n) is 1.62. The summed E-state index contributed by atoms with van der Waals surface area (Å²) in [5.41, 5.74) is 6.30. The summed E-state index contributed by atoms with van der Waals surface area (Å²) in [4.78, 5) is -0.116. The van der Waals surface area contributed by atoms with Crippen LogP contribution in [0.2, 0.25) is 0 Å². The van der Waals surface area contributed by atoms with E-state index in [2.05, 4.69) is 9.88 Å². The summed E-state index contributed by atoms with van der Waals surface area (Å²) >= 11 is 0. The van der Waals surface area contributed by atoms with Gasteiger partial charge in [-0.2, -0.15) is 5.26 Å².